The molecule has 1 saturated heterocycles. The van der Waals surface area contributed by atoms with Gasteiger partial charge in [0.15, 0.2) is 5.82 Å². The molecule has 0 bridgehead atoms. The van der Waals surface area contributed by atoms with Crippen LogP contribution >= 0.6 is 0 Å². The predicted molar refractivity (Wildman–Crippen MR) is 108 cm³/mol. The first kappa shape index (κ1) is 19.0. The Labute approximate surface area is 169 Å². The lowest BCUT2D eigenvalue weighted by molar-refractivity contribution is -0.117. The largest absolute Gasteiger partial charge is 0.497 e. The molecule has 29 heavy (non-hydrogen) atoms. The van der Waals surface area contributed by atoms with E-state index in [1.54, 1.807) is 37.3 Å². The highest BCUT2D eigenvalue weighted by Gasteiger charge is 2.34. The number of aromatic nitrogens is 2. The Hall–Kier alpha value is -3.35. The Morgan fingerprint density at radius 2 is 1.66 bits per heavy atom. The van der Waals surface area contributed by atoms with Crippen molar-refractivity contribution in [3.63, 3.8) is 0 Å². The van der Waals surface area contributed by atoms with Gasteiger partial charge in [0, 0.05) is 36.2 Å². The van der Waals surface area contributed by atoms with Gasteiger partial charge in [0.25, 0.3) is 5.89 Å². The van der Waals surface area contributed by atoms with Gasteiger partial charge in [-0.1, -0.05) is 11.2 Å². The summed E-state index contributed by atoms with van der Waals surface area (Å²) in [5, 5.41) is 4.14. The third-order valence-corrected chi connectivity index (χ3v) is 5.05. The van der Waals surface area contributed by atoms with Crippen LogP contribution < -0.4 is 14.4 Å². The average Bonchev–Trinajstić information content (AvgIpc) is 3.33. The van der Waals surface area contributed by atoms with Gasteiger partial charge in [-0.05, 0) is 49.2 Å². The summed E-state index contributed by atoms with van der Waals surface area (Å²) in [4.78, 5) is 19.0. The van der Waals surface area contributed by atoms with Crippen molar-refractivity contribution in [3.05, 3.63) is 53.3 Å². The zero-order valence-corrected chi connectivity index (χ0v) is 16.9. The molecule has 7 heteroatoms. The van der Waals surface area contributed by atoms with Crippen molar-refractivity contribution in [2.75, 3.05) is 25.7 Å². The van der Waals surface area contributed by atoms with Crippen molar-refractivity contribution < 1.29 is 18.8 Å². The lowest BCUT2D eigenvalue weighted by atomic mass is 10.1. The van der Waals surface area contributed by atoms with Gasteiger partial charge >= 0.3 is 0 Å². The molecular weight excluding hydrogens is 370 g/mol. The Morgan fingerprint density at radius 1 is 1.00 bits per heavy atom. The minimum absolute atomic E-state index is 0.0643. The number of benzene rings is 2. The zero-order valence-electron chi connectivity index (χ0n) is 16.9. The van der Waals surface area contributed by atoms with E-state index in [9.17, 15) is 4.79 Å². The van der Waals surface area contributed by atoms with Crippen LogP contribution in [0.15, 0.2) is 40.9 Å². The highest BCUT2D eigenvalue weighted by molar-refractivity contribution is 5.96. The van der Waals surface area contributed by atoms with Crippen LogP contribution in [0.25, 0.3) is 11.5 Å². The highest BCUT2D eigenvalue weighted by atomic mass is 16.5. The molecule has 4 rings (SSSR count). The summed E-state index contributed by atoms with van der Waals surface area (Å²) in [6.45, 7) is 4.59. The number of carbonyl (C=O) groups excluding carboxylic acids is 1. The Balaban J connectivity index is 1.58. The summed E-state index contributed by atoms with van der Waals surface area (Å²) in [7, 11) is 3.17. The van der Waals surface area contributed by atoms with E-state index in [0.29, 0.717) is 41.7 Å². The van der Waals surface area contributed by atoms with Gasteiger partial charge in [-0.3, -0.25) is 4.79 Å². The number of carbonyl (C=O) groups is 1. The zero-order chi connectivity index (χ0) is 20.5. The fraction of sp³-hybridized carbons (Fsp3) is 0.318. The van der Waals surface area contributed by atoms with Crippen molar-refractivity contribution in [1.29, 1.82) is 0 Å². The average molecular weight is 393 g/mol. The van der Waals surface area contributed by atoms with Crippen molar-refractivity contribution >= 4 is 11.6 Å². The summed E-state index contributed by atoms with van der Waals surface area (Å²) in [6.07, 6.45) is 0.355. The molecule has 1 fully saturated rings. The first-order valence-electron chi connectivity index (χ1n) is 9.42. The molecule has 1 amide bonds. The molecule has 2 aromatic carbocycles. The van der Waals surface area contributed by atoms with E-state index in [1.807, 2.05) is 26.0 Å². The molecule has 1 aromatic heterocycles. The Bertz CT molecular complexity index is 1020. The van der Waals surface area contributed by atoms with Gasteiger partial charge in [-0.25, -0.2) is 0 Å². The molecule has 150 valence electrons. The fourth-order valence-electron chi connectivity index (χ4n) is 3.69. The number of hydrogen-bond donors (Lipinski definition) is 0. The van der Waals surface area contributed by atoms with Crippen LogP contribution in [0.4, 0.5) is 5.69 Å². The monoisotopic (exact) mass is 393 g/mol. The second-order valence-corrected chi connectivity index (χ2v) is 7.31. The normalized spacial score (nSPS) is 16.3. The molecular formula is C22H23N3O4. The number of anilines is 1. The third kappa shape index (κ3) is 3.81. The van der Waals surface area contributed by atoms with Crippen LogP contribution in [0.1, 0.15) is 29.3 Å². The van der Waals surface area contributed by atoms with E-state index in [-0.39, 0.29) is 11.8 Å². The maximum absolute atomic E-state index is 12.6. The van der Waals surface area contributed by atoms with Crippen LogP contribution in [0.2, 0.25) is 0 Å². The van der Waals surface area contributed by atoms with Gasteiger partial charge in [-0.15, -0.1) is 0 Å². The third-order valence-electron chi connectivity index (χ3n) is 5.05. The number of hydrogen-bond acceptors (Lipinski definition) is 6. The summed E-state index contributed by atoms with van der Waals surface area (Å²) >= 11 is 0. The van der Waals surface area contributed by atoms with E-state index in [2.05, 4.69) is 16.2 Å². The van der Waals surface area contributed by atoms with Crippen molar-refractivity contribution in [2.45, 2.75) is 26.2 Å². The maximum Gasteiger partial charge on any atom is 0.258 e. The number of aryl methyl sites for hydroxylation is 2. The fourth-order valence-corrected chi connectivity index (χ4v) is 3.69. The summed E-state index contributed by atoms with van der Waals surface area (Å²) in [5.74, 6) is 2.12. The lowest BCUT2D eigenvalue weighted by Gasteiger charge is -2.17. The van der Waals surface area contributed by atoms with E-state index in [4.69, 9.17) is 14.0 Å². The van der Waals surface area contributed by atoms with Gasteiger partial charge < -0.3 is 18.9 Å². The molecule has 2 heterocycles. The van der Waals surface area contributed by atoms with Gasteiger partial charge in [-0.2, -0.15) is 4.98 Å². The quantitative estimate of drug-likeness (QED) is 0.654. The van der Waals surface area contributed by atoms with E-state index >= 15 is 0 Å². The summed E-state index contributed by atoms with van der Waals surface area (Å²) in [5.41, 5.74) is 3.88. The molecule has 0 saturated carbocycles. The molecule has 1 atom stereocenters. The van der Waals surface area contributed by atoms with Crippen LogP contribution in [0.3, 0.4) is 0 Å². The highest BCUT2D eigenvalue weighted by Crippen LogP contribution is 2.34. The van der Waals surface area contributed by atoms with E-state index in [1.165, 1.54) is 0 Å². The molecule has 0 aliphatic carbocycles. The minimum atomic E-state index is -0.117. The van der Waals surface area contributed by atoms with Crippen molar-refractivity contribution in [3.8, 4) is 23.0 Å². The molecule has 0 spiro atoms. The number of rotatable bonds is 5. The number of methoxy groups -OCH3 is 2. The van der Waals surface area contributed by atoms with Crippen molar-refractivity contribution in [1.82, 2.24) is 10.1 Å². The van der Waals surface area contributed by atoms with Crippen LogP contribution in [0, 0.1) is 13.8 Å². The molecule has 1 unspecified atom stereocenters. The predicted octanol–water partition coefficient (Wildman–Crippen LogP) is 3.89. The van der Waals surface area contributed by atoms with Crippen molar-refractivity contribution in [2.24, 2.45) is 0 Å². The standard InChI is InChI=1S/C22H23N3O4/c1-13-5-14(2)7-17(6-13)25-12-16(10-20(25)26)21-23-22(29-24-21)15-8-18(27-3)11-19(9-15)28-4/h5-9,11,16H,10,12H2,1-4H3. The summed E-state index contributed by atoms with van der Waals surface area (Å²) < 4.78 is 16.1. The number of amides is 1. The first-order valence-corrected chi connectivity index (χ1v) is 9.42. The van der Waals surface area contributed by atoms with E-state index in [0.717, 1.165) is 16.8 Å². The molecule has 7 nitrogen and oxygen atoms in total. The second kappa shape index (κ2) is 7.58. The lowest BCUT2D eigenvalue weighted by Crippen LogP contribution is -2.24. The molecule has 0 N–H and O–H groups in total. The molecule has 3 aromatic rings. The number of ether oxygens (including phenoxy) is 2. The SMILES string of the molecule is COc1cc(OC)cc(-c2nc(C3CC(=O)N(c4cc(C)cc(C)c4)C3)no2)c1. The Morgan fingerprint density at radius 3 is 2.28 bits per heavy atom. The topological polar surface area (TPSA) is 77.7 Å². The minimum Gasteiger partial charge on any atom is -0.497 e. The first-order chi connectivity index (χ1) is 14.0. The van der Waals surface area contributed by atoms with Gasteiger partial charge in [0.05, 0.1) is 14.2 Å². The number of nitrogens with zero attached hydrogens (tertiary/aromatic N) is 3. The van der Waals surface area contributed by atoms with Crippen LogP contribution in [-0.4, -0.2) is 36.8 Å². The molecule has 1 aliphatic heterocycles. The maximum atomic E-state index is 12.6. The van der Waals surface area contributed by atoms with Crippen LogP contribution in [-0.2, 0) is 4.79 Å². The Kier molecular flexibility index (Phi) is 4.96. The van der Waals surface area contributed by atoms with E-state index < -0.39 is 0 Å². The molecule has 1 aliphatic rings. The second-order valence-electron chi connectivity index (χ2n) is 7.31. The van der Waals surface area contributed by atoms with Gasteiger partial charge in [0.2, 0.25) is 5.91 Å². The van der Waals surface area contributed by atoms with Crippen LogP contribution in [0.5, 0.6) is 11.5 Å². The smallest absolute Gasteiger partial charge is 0.258 e. The molecule has 0 radical (unpaired) electrons. The summed E-state index contributed by atoms with van der Waals surface area (Å²) in [6, 6.07) is 11.5. The van der Waals surface area contributed by atoms with Gasteiger partial charge in [0.1, 0.15) is 11.5 Å².